The van der Waals surface area contributed by atoms with Crippen LogP contribution in [0.4, 0.5) is 0 Å². The van der Waals surface area contributed by atoms with Crippen LogP contribution in [0.3, 0.4) is 0 Å². The van der Waals surface area contributed by atoms with Crippen LogP contribution in [0.15, 0.2) is 89.8 Å². The van der Waals surface area contributed by atoms with Gasteiger partial charge >= 0.3 is 5.97 Å². The third-order valence-electron chi connectivity index (χ3n) is 7.11. The number of unbranched alkanes of at least 4 members (excludes halogenated alkanes) is 1. The number of allylic oxidation sites excluding steroid dienone is 2. The first-order valence-electron chi connectivity index (χ1n) is 13.3. The number of carboxylic acid groups (broad SMARTS) is 1. The first kappa shape index (κ1) is 30.3. The average Bonchev–Trinajstić information content (AvgIpc) is 3.31. The van der Waals surface area contributed by atoms with Crippen LogP contribution in [0.25, 0.3) is 11.1 Å². The Morgan fingerprint density at radius 3 is 2.42 bits per heavy atom. The van der Waals surface area contributed by atoms with E-state index in [1.54, 1.807) is 6.07 Å². The van der Waals surface area contributed by atoms with Crippen molar-refractivity contribution in [3.05, 3.63) is 101 Å². The Bertz CT molecular complexity index is 1410. The van der Waals surface area contributed by atoms with Crippen LogP contribution in [-0.2, 0) is 26.2 Å². The van der Waals surface area contributed by atoms with Crippen molar-refractivity contribution < 1.29 is 23.1 Å². The standard InChI is InChI=1S/C31H33Cl2NO5S/c32-25-16-17-27(33)30(20-25)40(37,38)34-28-18-19-29(26(28)10-6-1-2-7-11-31(35)36)39-21-22-12-14-24(15-13-22)23-8-4-3-5-9-23/h1,3-6,8-9,12-17,20,26,28-29,34H,2,7,10-11,18-19,21H2,(H,35,36)/b6-1-/t26-,28+,29+/m1/s1. The molecule has 1 fully saturated rings. The zero-order valence-electron chi connectivity index (χ0n) is 22.0. The van der Waals surface area contributed by atoms with E-state index >= 15 is 0 Å². The lowest BCUT2D eigenvalue weighted by Crippen LogP contribution is -2.40. The maximum atomic E-state index is 13.3. The monoisotopic (exact) mass is 601 g/mol. The van der Waals surface area contributed by atoms with Crippen LogP contribution < -0.4 is 4.72 Å². The molecule has 0 aliphatic heterocycles. The van der Waals surface area contributed by atoms with Gasteiger partial charge in [-0.2, -0.15) is 0 Å². The summed E-state index contributed by atoms with van der Waals surface area (Å²) in [5.74, 6) is -0.921. The van der Waals surface area contributed by atoms with Crippen molar-refractivity contribution in [3.8, 4) is 11.1 Å². The molecule has 3 atom stereocenters. The second kappa shape index (κ2) is 14.3. The van der Waals surface area contributed by atoms with Gasteiger partial charge in [0, 0.05) is 23.4 Å². The fraction of sp³-hybridized carbons (Fsp3) is 0.323. The third kappa shape index (κ3) is 8.41. The number of rotatable bonds is 13. The van der Waals surface area contributed by atoms with Crippen molar-refractivity contribution in [2.75, 3.05) is 0 Å². The number of nitrogens with one attached hydrogen (secondary N) is 1. The molecule has 0 radical (unpaired) electrons. The van der Waals surface area contributed by atoms with Crippen molar-refractivity contribution in [2.45, 2.75) is 62.2 Å². The van der Waals surface area contributed by atoms with Crippen LogP contribution in [0.1, 0.15) is 44.1 Å². The summed E-state index contributed by atoms with van der Waals surface area (Å²) in [4.78, 5) is 10.7. The SMILES string of the molecule is O=C(O)CCC/C=C\C[C@@H]1[C@@H](NS(=O)(=O)c2cc(Cl)ccc2Cl)CC[C@@H]1OCc1ccc(-c2ccccc2)cc1. The molecule has 212 valence electrons. The third-order valence-corrected chi connectivity index (χ3v) is 9.31. The van der Waals surface area contributed by atoms with Crippen LogP contribution >= 0.6 is 23.2 Å². The summed E-state index contributed by atoms with van der Waals surface area (Å²) in [6, 6.07) is 22.4. The molecule has 2 N–H and O–H groups in total. The van der Waals surface area contributed by atoms with Gasteiger partial charge in [-0.3, -0.25) is 4.79 Å². The predicted molar refractivity (Wildman–Crippen MR) is 159 cm³/mol. The molecule has 40 heavy (non-hydrogen) atoms. The number of ether oxygens (including phenoxy) is 1. The molecular weight excluding hydrogens is 569 g/mol. The number of hydrogen-bond donors (Lipinski definition) is 2. The molecule has 6 nitrogen and oxygen atoms in total. The van der Waals surface area contributed by atoms with E-state index in [0.29, 0.717) is 38.7 Å². The lowest BCUT2D eigenvalue weighted by molar-refractivity contribution is -0.137. The Morgan fingerprint density at radius 2 is 1.70 bits per heavy atom. The molecule has 4 rings (SSSR count). The van der Waals surface area contributed by atoms with E-state index in [1.807, 2.05) is 30.4 Å². The van der Waals surface area contributed by atoms with Crippen LogP contribution in [-0.4, -0.2) is 31.6 Å². The van der Waals surface area contributed by atoms with Crippen molar-refractivity contribution in [2.24, 2.45) is 5.92 Å². The number of carboxylic acids is 1. The normalized spacial score (nSPS) is 19.3. The van der Waals surface area contributed by atoms with Gasteiger partial charge < -0.3 is 9.84 Å². The van der Waals surface area contributed by atoms with E-state index in [4.69, 9.17) is 33.0 Å². The van der Waals surface area contributed by atoms with Gasteiger partial charge in [-0.1, -0.05) is 90.0 Å². The molecule has 0 aromatic heterocycles. The largest absolute Gasteiger partial charge is 0.481 e. The summed E-state index contributed by atoms with van der Waals surface area (Å²) >= 11 is 12.2. The molecule has 0 spiro atoms. The Hall–Kier alpha value is -2.68. The van der Waals surface area contributed by atoms with Gasteiger partial charge in [-0.05, 0) is 67.0 Å². The highest BCUT2D eigenvalue weighted by Crippen LogP contribution is 2.35. The van der Waals surface area contributed by atoms with E-state index in [1.165, 1.54) is 12.1 Å². The molecule has 0 amide bonds. The molecule has 3 aromatic rings. The summed E-state index contributed by atoms with van der Waals surface area (Å²) in [6.07, 6.45) is 7.04. The fourth-order valence-corrected chi connectivity index (χ4v) is 7.10. The van der Waals surface area contributed by atoms with Gasteiger partial charge in [0.1, 0.15) is 4.90 Å². The van der Waals surface area contributed by atoms with Crippen molar-refractivity contribution >= 4 is 39.2 Å². The number of halogens is 2. The van der Waals surface area contributed by atoms with Crippen LogP contribution in [0.5, 0.6) is 0 Å². The van der Waals surface area contributed by atoms with Crippen LogP contribution in [0.2, 0.25) is 10.0 Å². The maximum absolute atomic E-state index is 13.3. The minimum Gasteiger partial charge on any atom is -0.481 e. The lowest BCUT2D eigenvalue weighted by Gasteiger charge is -2.25. The topological polar surface area (TPSA) is 92.7 Å². The maximum Gasteiger partial charge on any atom is 0.303 e. The number of sulfonamides is 1. The number of hydrogen-bond acceptors (Lipinski definition) is 4. The van der Waals surface area contributed by atoms with Gasteiger partial charge in [0.2, 0.25) is 10.0 Å². The summed E-state index contributed by atoms with van der Waals surface area (Å²) in [5.41, 5.74) is 3.32. The molecule has 1 saturated carbocycles. The second-order valence-corrected chi connectivity index (χ2v) is 12.5. The van der Waals surface area contributed by atoms with Crippen molar-refractivity contribution in [1.29, 1.82) is 0 Å². The first-order chi connectivity index (χ1) is 19.2. The Balaban J connectivity index is 1.44. The highest BCUT2D eigenvalue weighted by molar-refractivity contribution is 7.89. The van der Waals surface area contributed by atoms with Gasteiger partial charge in [-0.25, -0.2) is 13.1 Å². The number of aliphatic carboxylic acids is 1. The van der Waals surface area contributed by atoms with Crippen molar-refractivity contribution in [3.63, 3.8) is 0 Å². The number of benzene rings is 3. The molecule has 0 bridgehead atoms. The molecule has 0 heterocycles. The smallest absolute Gasteiger partial charge is 0.303 e. The average molecular weight is 603 g/mol. The van der Waals surface area contributed by atoms with Gasteiger partial charge in [0.25, 0.3) is 0 Å². The van der Waals surface area contributed by atoms with E-state index < -0.39 is 16.0 Å². The fourth-order valence-electron chi connectivity index (χ4n) is 5.02. The second-order valence-electron chi connectivity index (χ2n) is 9.95. The molecule has 1 aliphatic rings. The molecule has 9 heteroatoms. The van der Waals surface area contributed by atoms with Gasteiger partial charge in [0.05, 0.1) is 17.7 Å². The zero-order valence-corrected chi connectivity index (χ0v) is 24.3. The van der Waals surface area contributed by atoms with Gasteiger partial charge in [0.15, 0.2) is 0 Å². The molecule has 3 aromatic carbocycles. The summed E-state index contributed by atoms with van der Waals surface area (Å²) in [7, 11) is -3.91. The summed E-state index contributed by atoms with van der Waals surface area (Å²) < 4.78 is 35.7. The van der Waals surface area contributed by atoms with E-state index in [2.05, 4.69) is 41.1 Å². The minimum absolute atomic E-state index is 0.0486. The quantitative estimate of drug-likeness (QED) is 0.156. The van der Waals surface area contributed by atoms with E-state index in [9.17, 15) is 13.2 Å². The van der Waals surface area contributed by atoms with Crippen molar-refractivity contribution in [1.82, 2.24) is 4.72 Å². The molecule has 1 aliphatic carbocycles. The number of carbonyl (C=O) groups is 1. The van der Waals surface area contributed by atoms with Crippen LogP contribution in [0, 0.1) is 5.92 Å². The Kier molecular flexibility index (Phi) is 10.8. The molecular formula is C31H33Cl2NO5S. The predicted octanol–water partition coefficient (Wildman–Crippen LogP) is 7.50. The van der Waals surface area contributed by atoms with Gasteiger partial charge in [-0.15, -0.1) is 0 Å². The zero-order chi connectivity index (χ0) is 28.5. The molecule has 0 saturated heterocycles. The Labute approximate surface area is 246 Å². The summed E-state index contributed by atoms with van der Waals surface area (Å²) in [6.45, 7) is 0.415. The summed E-state index contributed by atoms with van der Waals surface area (Å²) in [5, 5.41) is 9.25. The van der Waals surface area contributed by atoms with E-state index in [-0.39, 0.29) is 39.4 Å². The Morgan fingerprint density at radius 1 is 0.975 bits per heavy atom. The highest BCUT2D eigenvalue weighted by Gasteiger charge is 2.38. The lowest BCUT2D eigenvalue weighted by atomic mass is 9.97. The highest BCUT2D eigenvalue weighted by atomic mass is 35.5. The minimum atomic E-state index is -3.91. The van der Waals surface area contributed by atoms with E-state index in [0.717, 1.165) is 16.7 Å². The molecule has 0 unspecified atom stereocenters. The first-order valence-corrected chi connectivity index (χ1v) is 15.6.